The lowest BCUT2D eigenvalue weighted by atomic mass is 9.89. The van der Waals surface area contributed by atoms with Crippen LogP contribution in [0.2, 0.25) is 0 Å². The predicted octanol–water partition coefficient (Wildman–Crippen LogP) is 4.27. The van der Waals surface area contributed by atoms with E-state index in [-0.39, 0.29) is 0 Å². The van der Waals surface area contributed by atoms with Crippen LogP contribution in [0.25, 0.3) is 0 Å². The Balaban J connectivity index is 3.61. The normalized spacial score (nSPS) is 13.9. The molecule has 1 unspecified atom stereocenters. The van der Waals surface area contributed by atoms with E-state index in [2.05, 4.69) is 41.2 Å². The molecule has 0 rings (SSSR count). The lowest BCUT2D eigenvalue weighted by molar-refractivity contribution is 0.388. The van der Waals surface area contributed by atoms with Crippen molar-refractivity contribution in [2.24, 2.45) is 17.8 Å². The average Bonchev–Trinajstić information content (AvgIpc) is 1.98. The van der Waals surface area contributed by atoms with Crippen molar-refractivity contribution in [1.29, 1.82) is 0 Å². The van der Waals surface area contributed by atoms with Gasteiger partial charge in [0.2, 0.25) is 0 Å². The predicted molar refractivity (Wildman–Crippen MR) is 57.2 cm³/mol. The Labute approximate surface area is 78.1 Å². The van der Waals surface area contributed by atoms with Crippen molar-refractivity contribution in [3.63, 3.8) is 0 Å². The summed E-state index contributed by atoms with van der Waals surface area (Å²) in [6.07, 6.45) is 2.51. The maximum atomic E-state index is 4.09. The van der Waals surface area contributed by atoms with Crippen molar-refractivity contribution in [1.82, 2.24) is 0 Å². The number of rotatable bonds is 5. The van der Waals surface area contributed by atoms with Crippen LogP contribution in [-0.4, -0.2) is 0 Å². The van der Waals surface area contributed by atoms with Crippen LogP contribution in [0.4, 0.5) is 0 Å². The van der Waals surface area contributed by atoms with E-state index in [1.807, 2.05) is 0 Å². The van der Waals surface area contributed by atoms with E-state index < -0.39 is 0 Å². The second-order valence-electron chi connectivity index (χ2n) is 4.57. The van der Waals surface area contributed by atoms with Crippen LogP contribution in [0.5, 0.6) is 0 Å². The molecule has 0 heteroatoms. The maximum absolute atomic E-state index is 4.09. The van der Waals surface area contributed by atoms with Gasteiger partial charge in [-0.05, 0) is 30.6 Å². The molecular formula is C12H24. The Morgan fingerprint density at radius 3 is 1.92 bits per heavy atom. The first-order chi connectivity index (χ1) is 5.45. The molecular weight excluding hydrogens is 144 g/mol. The molecule has 72 valence electrons. The summed E-state index contributed by atoms with van der Waals surface area (Å²) in [6.45, 7) is 15.5. The minimum absolute atomic E-state index is 0.657. The van der Waals surface area contributed by atoms with E-state index in [4.69, 9.17) is 0 Å². The van der Waals surface area contributed by atoms with E-state index in [1.165, 1.54) is 18.4 Å². The molecule has 0 aliphatic heterocycles. The van der Waals surface area contributed by atoms with Gasteiger partial charge in [0.1, 0.15) is 0 Å². The highest BCUT2D eigenvalue weighted by Gasteiger charge is 2.08. The minimum atomic E-state index is 0.657. The van der Waals surface area contributed by atoms with Gasteiger partial charge in [-0.1, -0.05) is 46.8 Å². The lowest BCUT2D eigenvalue weighted by Crippen LogP contribution is -2.05. The van der Waals surface area contributed by atoms with Gasteiger partial charge in [0, 0.05) is 0 Å². The Morgan fingerprint density at radius 1 is 1.08 bits per heavy atom. The third-order valence-electron chi connectivity index (χ3n) is 2.88. The van der Waals surface area contributed by atoms with E-state index in [0.717, 1.165) is 11.8 Å². The zero-order valence-corrected chi connectivity index (χ0v) is 9.35. The summed E-state index contributed by atoms with van der Waals surface area (Å²) in [4.78, 5) is 0. The average molecular weight is 168 g/mol. The van der Waals surface area contributed by atoms with Gasteiger partial charge in [-0.25, -0.2) is 0 Å². The molecule has 1 atom stereocenters. The third kappa shape index (κ3) is 4.58. The molecule has 0 spiro atoms. The molecule has 0 aromatic heterocycles. The van der Waals surface area contributed by atoms with E-state index in [1.54, 1.807) is 0 Å². The molecule has 0 amide bonds. The highest BCUT2D eigenvalue weighted by atomic mass is 14.1. The van der Waals surface area contributed by atoms with Crippen LogP contribution >= 0.6 is 0 Å². The molecule has 0 N–H and O–H groups in total. The highest BCUT2D eigenvalue weighted by Crippen LogP contribution is 2.21. The standard InChI is InChI=1S/C12H24/c1-9(2)11(5)7-8-12(6)10(3)4/h9-10,12H,5,7-8H2,1-4,6H3. The highest BCUT2D eigenvalue weighted by molar-refractivity contribution is 4.97. The first kappa shape index (κ1) is 11.7. The van der Waals surface area contributed by atoms with Crippen molar-refractivity contribution < 1.29 is 0 Å². The summed E-state index contributed by atoms with van der Waals surface area (Å²) >= 11 is 0. The van der Waals surface area contributed by atoms with Crippen molar-refractivity contribution in [2.75, 3.05) is 0 Å². The molecule has 0 aliphatic carbocycles. The van der Waals surface area contributed by atoms with Crippen molar-refractivity contribution in [3.8, 4) is 0 Å². The van der Waals surface area contributed by atoms with Gasteiger partial charge in [-0.2, -0.15) is 0 Å². The summed E-state index contributed by atoms with van der Waals surface area (Å²) in [6, 6.07) is 0. The Bertz CT molecular complexity index is 131. The molecule has 0 aliphatic rings. The summed E-state index contributed by atoms with van der Waals surface area (Å²) < 4.78 is 0. The van der Waals surface area contributed by atoms with Crippen molar-refractivity contribution in [2.45, 2.75) is 47.5 Å². The molecule has 0 radical (unpaired) electrons. The van der Waals surface area contributed by atoms with Gasteiger partial charge in [0.05, 0.1) is 0 Å². The van der Waals surface area contributed by atoms with E-state index in [9.17, 15) is 0 Å². The molecule has 0 bridgehead atoms. The Hall–Kier alpha value is -0.260. The maximum Gasteiger partial charge on any atom is -0.0263 e. The zero-order valence-electron chi connectivity index (χ0n) is 9.35. The van der Waals surface area contributed by atoms with Gasteiger partial charge in [-0.15, -0.1) is 0 Å². The number of allylic oxidation sites excluding steroid dienone is 1. The Morgan fingerprint density at radius 2 is 1.58 bits per heavy atom. The smallest absolute Gasteiger partial charge is 0.0263 e. The molecule has 0 saturated carbocycles. The van der Waals surface area contributed by atoms with Gasteiger partial charge in [0.15, 0.2) is 0 Å². The summed E-state index contributed by atoms with van der Waals surface area (Å²) in [5, 5.41) is 0. The van der Waals surface area contributed by atoms with E-state index >= 15 is 0 Å². The number of hydrogen-bond acceptors (Lipinski definition) is 0. The van der Waals surface area contributed by atoms with Crippen LogP contribution in [-0.2, 0) is 0 Å². The van der Waals surface area contributed by atoms with Crippen LogP contribution in [0, 0.1) is 17.8 Å². The van der Waals surface area contributed by atoms with Crippen molar-refractivity contribution in [3.05, 3.63) is 12.2 Å². The van der Waals surface area contributed by atoms with Gasteiger partial charge < -0.3 is 0 Å². The minimum Gasteiger partial charge on any atom is -0.0996 e. The fourth-order valence-corrected chi connectivity index (χ4v) is 1.04. The molecule has 0 saturated heterocycles. The third-order valence-corrected chi connectivity index (χ3v) is 2.88. The summed E-state index contributed by atoms with van der Waals surface area (Å²) in [7, 11) is 0. The first-order valence-electron chi connectivity index (χ1n) is 5.12. The number of hydrogen-bond donors (Lipinski definition) is 0. The second kappa shape index (κ2) is 5.40. The largest absolute Gasteiger partial charge is 0.0996 e. The SMILES string of the molecule is C=C(CCC(C)C(C)C)C(C)C. The quantitative estimate of drug-likeness (QED) is 0.538. The molecule has 12 heavy (non-hydrogen) atoms. The van der Waals surface area contributed by atoms with Crippen LogP contribution in [0.15, 0.2) is 12.2 Å². The molecule has 0 heterocycles. The fourth-order valence-electron chi connectivity index (χ4n) is 1.04. The van der Waals surface area contributed by atoms with Crippen LogP contribution in [0.3, 0.4) is 0 Å². The van der Waals surface area contributed by atoms with Crippen LogP contribution < -0.4 is 0 Å². The molecule has 0 fully saturated rings. The topological polar surface area (TPSA) is 0 Å². The molecule has 0 aromatic carbocycles. The van der Waals surface area contributed by atoms with Gasteiger partial charge in [-0.3, -0.25) is 0 Å². The van der Waals surface area contributed by atoms with Gasteiger partial charge >= 0.3 is 0 Å². The van der Waals surface area contributed by atoms with E-state index in [0.29, 0.717) is 5.92 Å². The summed E-state index contributed by atoms with van der Waals surface area (Å²) in [5.74, 6) is 2.30. The van der Waals surface area contributed by atoms with Crippen molar-refractivity contribution >= 4 is 0 Å². The lowest BCUT2D eigenvalue weighted by Gasteiger charge is -2.17. The monoisotopic (exact) mass is 168 g/mol. The first-order valence-corrected chi connectivity index (χ1v) is 5.12. The fraction of sp³-hybridized carbons (Fsp3) is 0.833. The summed E-state index contributed by atoms with van der Waals surface area (Å²) in [5.41, 5.74) is 1.41. The second-order valence-corrected chi connectivity index (χ2v) is 4.57. The molecule has 0 nitrogen and oxygen atoms in total. The molecule has 0 aromatic rings. The van der Waals surface area contributed by atoms with Gasteiger partial charge in [0.25, 0.3) is 0 Å². The zero-order chi connectivity index (χ0) is 9.72. The van der Waals surface area contributed by atoms with Crippen LogP contribution in [0.1, 0.15) is 47.5 Å². The Kier molecular flexibility index (Phi) is 5.28.